The Kier molecular flexibility index (Phi) is 4.12. The minimum atomic E-state index is -1.28. The van der Waals surface area contributed by atoms with Crippen molar-refractivity contribution in [2.45, 2.75) is 51.1 Å². The lowest BCUT2D eigenvalue weighted by Crippen LogP contribution is -2.50. The molecule has 1 aliphatic carbocycles. The van der Waals surface area contributed by atoms with Gasteiger partial charge in [0.05, 0.1) is 0 Å². The molecule has 0 spiro atoms. The second-order valence-corrected chi connectivity index (χ2v) is 5.57. The third-order valence-corrected chi connectivity index (χ3v) is 4.04. The summed E-state index contributed by atoms with van der Waals surface area (Å²) in [4.78, 5) is 24.6. The maximum Gasteiger partial charge on any atom is 0.334 e. The van der Waals surface area contributed by atoms with Gasteiger partial charge in [-0.1, -0.05) is 37.6 Å². The minimum absolute atomic E-state index is 0.0592. The lowest BCUT2D eigenvalue weighted by molar-refractivity contribution is -0.155. The molecule has 0 aromatic heterocycles. The van der Waals surface area contributed by atoms with E-state index in [0.29, 0.717) is 12.0 Å². The molecular formula is C16H21NO3. The first-order valence-electron chi connectivity index (χ1n) is 7.10. The number of carboxylic acids is 1. The van der Waals surface area contributed by atoms with Crippen LogP contribution in [0, 0.1) is 0 Å². The number of carbonyl (C=O) groups excluding carboxylic acids is 1. The normalized spacial score (nSPS) is 17.3. The Morgan fingerprint density at radius 1 is 1.40 bits per heavy atom. The van der Waals surface area contributed by atoms with Crippen molar-refractivity contribution in [3.63, 3.8) is 0 Å². The number of carboxylic acid groups (broad SMARTS) is 1. The molecule has 4 nitrogen and oxygen atoms in total. The summed E-state index contributed by atoms with van der Waals surface area (Å²) in [6.07, 6.45) is 4.47. The highest BCUT2D eigenvalue weighted by Gasteiger charge is 2.47. The lowest BCUT2D eigenvalue weighted by atomic mass is 9.89. The molecule has 1 aliphatic rings. The maximum atomic E-state index is 11.8. The molecule has 1 fully saturated rings. The van der Waals surface area contributed by atoms with E-state index >= 15 is 0 Å². The van der Waals surface area contributed by atoms with Gasteiger partial charge in [-0.25, -0.2) is 4.79 Å². The van der Waals surface area contributed by atoms with Crippen LogP contribution in [0.1, 0.15) is 44.2 Å². The molecule has 1 atom stereocenters. The van der Waals surface area contributed by atoms with Crippen molar-refractivity contribution in [3.8, 4) is 0 Å². The lowest BCUT2D eigenvalue weighted by Gasteiger charge is -2.36. The van der Waals surface area contributed by atoms with E-state index in [1.165, 1.54) is 10.5 Å². The monoisotopic (exact) mass is 275 g/mol. The third kappa shape index (κ3) is 2.55. The van der Waals surface area contributed by atoms with Gasteiger partial charge in [-0.2, -0.15) is 0 Å². The Bertz CT molecular complexity index is 493. The summed E-state index contributed by atoms with van der Waals surface area (Å²) < 4.78 is 0. The second-order valence-electron chi connectivity index (χ2n) is 5.57. The van der Waals surface area contributed by atoms with Crippen LogP contribution in [0.2, 0.25) is 0 Å². The van der Waals surface area contributed by atoms with Crippen LogP contribution < -0.4 is 0 Å². The van der Waals surface area contributed by atoms with Crippen molar-refractivity contribution >= 4 is 12.4 Å². The van der Waals surface area contributed by atoms with Crippen LogP contribution in [-0.2, 0) is 21.5 Å². The molecular weight excluding hydrogens is 254 g/mol. The Morgan fingerprint density at radius 2 is 2.00 bits per heavy atom. The number of aliphatic carboxylic acids is 1. The number of nitrogens with zero attached hydrogens (tertiary/aromatic N) is 1. The molecule has 1 unspecified atom stereocenters. The average molecular weight is 275 g/mol. The van der Waals surface area contributed by atoms with Gasteiger partial charge in [-0.05, 0) is 37.3 Å². The summed E-state index contributed by atoms with van der Waals surface area (Å²) in [7, 11) is 0. The summed E-state index contributed by atoms with van der Waals surface area (Å²) in [5.74, 6) is -0.986. The van der Waals surface area contributed by atoms with Crippen molar-refractivity contribution < 1.29 is 14.7 Å². The molecule has 1 aromatic carbocycles. The minimum Gasteiger partial charge on any atom is -0.479 e. The van der Waals surface area contributed by atoms with Crippen LogP contribution in [0.5, 0.6) is 0 Å². The van der Waals surface area contributed by atoms with Gasteiger partial charge in [-0.15, -0.1) is 0 Å². The molecule has 0 heterocycles. The molecule has 20 heavy (non-hydrogen) atoms. The van der Waals surface area contributed by atoms with Crippen molar-refractivity contribution in [2.24, 2.45) is 0 Å². The molecule has 1 aromatic rings. The number of carbonyl (C=O) groups is 2. The standard InChI is InChI=1S/C16H21NO3/c1-3-4-12-5-7-13(8-6-12)16(2,15(19)20)17(11-18)14-9-10-14/h5-8,11,14H,3-4,9-10H2,1-2H3,(H,19,20). The molecule has 4 heteroatoms. The Hall–Kier alpha value is -1.84. The highest BCUT2D eigenvalue weighted by atomic mass is 16.4. The molecule has 2 rings (SSSR count). The van der Waals surface area contributed by atoms with E-state index in [9.17, 15) is 14.7 Å². The quantitative estimate of drug-likeness (QED) is 0.778. The van der Waals surface area contributed by atoms with Gasteiger partial charge in [0.2, 0.25) is 6.41 Å². The van der Waals surface area contributed by atoms with Gasteiger partial charge < -0.3 is 10.0 Å². The SMILES string of the molecule is CCCc1ccc(C(C)(C(=O)O)N(C=O)C2CC2)cc1. The fraction of sp³-hybridized carbons (Fsp3) is 0.500. The molecule has 1 amide bonds. The number of hydrogen-bond acceptors (Lipinski definition) is 2. The van der Waals surface area contributed by atoms with Crippen molar-refractivity contribution in [3.05, 3.63) is 35.4 Å². The molecule has 1 N–H and O–H groups in total. The van der Waals surface area contributed by atoms with Crippen LogP contribution in [0.15, 0.2) is 24.3 Å². The van der Waals surface area contributed by atoms with E-state index in [0.717, 1.165) is 25.7 Å². The van der Waals surface area contributed by atoms with E-state index in [1.807, 2.05) is 24.3 Å². The molecule has 0 saturated heterocycles. The first kappa shape index (κ1) is 14.6. The maximum absolute atomic E-state index is 11.8. The van der Waals surface area contributed by atoms with Gasteiger partial charge in [-0.3, -0.25) is 4.79 Å². The summed E-state index contributed by atoms with van der Waals surface area (Å²) in [5.41, 5.74) is 0.560. The third-order valence-electron chi connectivity index (χ3n) is 4.04. The Labute approximate surface area is 119 Å². The smallest absolute Gasteiger partial charge is 0.334 e. The van der Waals surface area contributed by atoms with E-state index in [1.54, 1.807) is 6.92 Å². The number of amides is 1. The van der Waals surface area contributed by atoms with E-state index < -0.39 is 11.5 Å². The van der Waals surface area contributed by atoms with Crippen LogP contribution in [0.3, 0.4) is 0 Å². The van der Waals surface area contributed by atoms with Gasteiger partial charge >= 0.3 is 5.97 Å². The highest BCUT2D eigenvalue weighted by Crippen LogP contribution is 2.37. The van der Waals surface area contributed by atoms with E-state index in [-0.39, 0.29) is 6.04 Å². The van der Waals surface area contributed by atoms with Crippen molar-refractivity contribution in [1.29, 1.82) is 0 Å². The van der Waals surface area contributed by atoms with Crippen molar-refractivity contribution in [2.75, 3.05) is 0 Å². The molecule has 108 valence electrons. The zero-order valence-electron chi connectivity index (χ0n) is 12.0. The predicted molar refractivity (Wildman–Crippen MR) is 76.3 cm³/mol. The summed E-state index contributed by atoms with van der Waals surface area (Å²) in [6, 6.07) is 7.63. The Balaban J connectivity index is 2.36. The molecule has 1 saturated carbocycles. The predicted octanol–water partition coefficient (Wildman–Crippen LogP) is 2.56. The Morgan fingerprint density at radius 3 is 2.40 bits per heavy atom. The average Bonchev–Trinajstić information content (AvgIpc) is 3.25. The van der Waals surface area contributed by atoms with Gasteiger partial charge in [0.1, 0.15) is 0 Å². The summed E-state index contributed by atoms with van der Waals surface area (Å²) >= 11 is 0. The van der Waals surface area contributed by atoms with Crippen molar-refractivity contribution in [1.82, 2.24) is 4.90 Å². The number of rotatable bonds is 7. The van der Waals surface area contributed by atoms with E-state index in [2.05, 4.69) is 6.92 Å². The fourth-order valence-corrected chi connectivity index (χ4v) is 2.58. The van der Waals surface area contributed by atoms with Crippen LogP contribution in [-0.4, -0.2) is 28.4 Å². The first-order valence-corrected chi connectivity index (χ1v) is 7.10. The van der Waals surface area contributed by atoms with E-state index in [4.69, 9.17) is 0 Å². The topological polar surface area (TPSA) is 57.6 Å². The molecule has 0 aliphatic heterocycles. The second kappa shape index (κ2) is 5.65. The fourth-order valence-electron chi connectivity index (χ4n) is 2.58. The summed E-state index contributed by atoms with van der Waals surface area (Å²) in [6.45, 7) is 3.72. The largest absolute Gasteiger partial charge is 0.479 e. The molecule has 0 radical (unpaired) electrons. The highest BCUT2D eigenvalue weighted by molar-refractivity contribution is 5.83. The van der Waals surface area contributed by atoms with Gasteiger partial charge in [0.25, 0.3) is 0 Å². The number of hydrogen-bond donors (Lipinski definition) is 1. The van der Waals surface area contributed by atoms with Crippen LogP contribution in [0.4, 0.5) is 0 Å². The number of aryl methyl sites for hydroxylation is 1. The zero-order valence-corrected chi connectivity index (χ0v) is 12.0. The van der Waals surface area contributed by atoms with Crippen LogP contribution in [0.25, 0.3) is 0 Å². The van der Waals surface area contributed by atoms with Crippen LogP contribution >= 0.6 is 0 Å². The van der Waals surface area contributed by atoms with Gasteiger partial charge in [0, 0.05) is 6.04 Å². The first-order chi connectivity index (χ1) is 9.53. The van der Waals surface area contributed by atoms with Gasteiger partial charge in [0.15, 0.2) is 5.54 Å². The summed E-state index contributed by atoms with van der Waals surface area (Å²) in [5, 5.41) is 9.64. The number of benzene rings is 1. The zero-order chi connectivity index (χ0) is 14.8. The molecule has 0 bridgehead atoms.